The van der Waals surface area contributed by atoms with Crippen molar-refractivity contribution in [3.63, 3.8) is 0 Å². The van der Waals surface area contributed by atoms with Crippen molar-refractivity contribution in [2.24, 2.45) is 13.0 Å². The van der Waals surface area contributed by atoms with Gasteiger partial charge in [0.15, 0.2) is 0 Å². The Morgan fingerprint density at radius 2 is 2.05 bits per heavy atom. The second kappa shape index (κ2) is 5.60. The van der Waals surface area contributed by atoms with Crippen molar-refractivity contribution in [1.82, 2.24) is 24.8 Å². The van der Waals surface area contributed by atoms with E-state index in [-0.39, 0.29) is 17.9 Å². The second-order valence-electron chi connectivity index (χ2n) is 4.68. The summed E-state index contributed by atoms with van der Waals surface area (Å²) in [6.07, 6.45) is 8.07. The van der Waals surface area contributed by atoms with E-state index < -0.39 is 0 Å². The Morgan fingerprint density at radius 1 is 1.26 bits per heavy atom. The van der Waals surface area contributed by atoms with E-state index in [1.807, 2.05) is 31.7 Å². The fourth-order valence-electron chi connectivity index (χ4n) is 1.84. The molecule has 0 bridgehead atoms. The van der Waals surface area contributed by atoms with Gasteiger partial charge in [0.25, 0.3) is 5.91 Å². The lowest BCUT2D eigenvalue weighted by atomic mass is 10.0. The molecule has 6 heteroatoms. The van der Waals surface area contributed by atoms with Gasteiger partial charge in [-0.15, -0.1) is 0 Å². The van der Waals surface area contributed by atoms with Gasteiger partial charge in [0, 0.05) is 31.8 Å². The molecule has 19 heavy (non-hydrogen) atoms. The lowest BCUT2D eigenvalue weighted by Crippen LogP contribution is -2.34. The molecule has 0 spiro atoms. The van der Waals surface area contributed by atoms with Crippen LogP contribution in [0.4, 0.5) is 0 Å². The maximum atomic E-state index is 12.1. The second-order valence-corrected chi connectivity index (χ2v) is 4.68. The standard InChI is InChI=1S/C13H17N5O/c1-9(2)11(12-16-6-7-18(12)3)17-13(19)10-8-14-4-5-15-10/h4-9,11H,1-3H3,(H,17,19)/t11-/m1/s1. The molecule has 6 nitrogen and oxygen atoms in total. The third-order valence-electron chi connectivity index (χ3n) is 2.89. The molecule has 2 aromatic rings. The Balaban J connectivity index is 2.19. The molecule has 2 aromatic heterocycles. The van der Waals surface area contributed by atoms with Crippen LogP contribution in [0.2, 0.25) is 0 Å². The number of aryl methyl sites for hydroxylation is 1. The van der Waals surface area contributed by atoms with E-state index in [2.05, 4.69) is 20.3 Å². The van der Waals surface area contributed by atoms with Crippen molar-refractivity contribution in [2.75, 3.05) is 0 Å². The molecule has 0 saturated heterocycles. The molecule has 1 atom stereocenters. The molecule has 2 heterocycles. The van der Waals surface area contributed by atoms with Crippen LogP contribution in [-0.4, -0.2) is 25.4 Å². The largest absolute Gasteiger partial charge is 0.340 e. The predicted octanol–water partition coefficient (Wildman–Crippen LogP) is 1.34. The molecular formula is C13H17N5O. The van der Waals surface area contributed by atoms with Gasteiger partial charge in [-0.1, -0.05) is 13.8 Å². The van der Waals surface area contributed by atoms with Crippen LogP contribution in [0.1, 0.15) is 36.2 Å². The summed E-state index contributed by atoms with van der Waals surface area (Å²) in [4.78, 5) is 24.3. The number of amides is 1. The summed E-state index contributed by atoms with van der Waals surface area (Å²) in [5, 5.41) is 2.95. The first-order valence-electron chi connectivity index (χ1n) is 6.13. The van der Waals surface area contributed by atoms with Crippen molar-refractivity contribution in [1.29, 1.82) is 0 Å². The highest BCUT2D eigenvalue weighted by atomic mass is 16.2. The van der Waals surface area contributed by atoms with E-state index in [4.69, 9.17) is 0 Å². The van der Waals surface area contributed by atoms with Crippen LogP contribution in [0, 0.1) is 5.92 Å². The third-order valence-corrected chi connectivity index (χ3v) is 2.89. The Hall–Kier alpha value is -2.24. The number of hydrogen-bond donors (Lipinski definition) is 1. The van der Waals surface area contributed by atoms with Crippen molar-refractivity contribution >= 4 is 5.91 Å². The molecule has 0 aromatic carbocycles. The Labute approximate surface area is 111 Å². The number of rotatable bonds is 4. The molecule has 2 rings (SSSR count). The minimum atomic E-state index is -0.241. The van der Waals surface area contributed by atoms with Crippen molar-refractivity contribution in [3.8, 4) is 0 Å². The first-order valence-corrected chi connectivity index (χ1v) is 6.13. The number of carbonyl (C=O) groups is 1. The van der Waals surface area contributed by atoms with Gasteiger partial charge in [0.1, 0.15) is 11.5 Å². The number of aromatic nitrogens is 4. The molecule has 0 radical (unpaired) electrons. The molecule has 0 saturated carbocycles. The summed E-state index contributed by atoms with van der Waals surface area (Å²) in [7, 11) is 1.91. The zero-order valence-electron chi connectivity index (χ0n) is 11.2. The zero-order valence-corrected chi connectivity index (χ0v) is 11.2. The quantitative estimate of drug-likeness (QED) is 0.899. The minimum absolute atomic E-state index is 0.158. The van der Waals surface area contributed by atoms with E-state index in [0.29, 0.717) is 5.69 Å². The Morgan fingerprint density at radius 3 is 2.58 bits per heavy atom. The summed E-state index contributed by atoms with van der Waals surface area (Å²) in [6.45, 7) is 4.08. The summed E-state index contributed by atoms with van der Waals surface area (Å²) in [6, 6.07) is -0.158. The van der Waals surface area contributed by atoms with Gasteiger partial charge in [-0.3, -0.25) is 9.78 Å². The third kappa shape index (κ3) is 2.96. The van der Waals surface area contributed by atoms with E-state index in [9.17, 15) is 4.79 Å². The van der Waals surface area contributed by atoms with Crippen LogP contribution in [0.25, 0.3) is 0 Å². The first kappa shape index (κ1) is 13.2. The normalized spacial score (nSPS) is 12.4. The van der Waals surface area contributed by atoms with Crippen LogP contribution in [0.5, 0.6) is 0 Å². The highest BCUT2D eigenvalue weighted by molar-refractivity contribution is 5.92. The van der Waals surface area contributed by atoms with E-state index in [1.165, 1.54) is 18.6 Å². The predicted molar refractivity (Wildman–Crippen MR) is 70.3 cm³/mol. The molecule has 100 valence electrons. The molecule has 0 aliphatic rings. The molecule has 1 amide bonds. The molecule has 0 aliphatic heterocycles. The highest BCUT2D eigenvalue weighted by Gasteiger charge is 2.22. The summed E-state index contributed by atoms with van der Waals surface area (Å²) >= 11 is 0. The van der Waals surface area contributed by atoms with Crippen molar-refractivity contribution < 1.29 is 4.79 Å². The Bertz CT molecular complexity index is 549. The minimum Gasteiger partial charge on any atom is -0.340 e. The smallest absolute Gasteiger partial charge is 0.272 e. The molecule has 0 aliphatic carbocycles. The monoisotopic (exact) mass is 259 g/mol. The molecule has 0 unspecified atom stereocenters. The lowest BCUT2D eigenvalue weighted by Gasteiger charge is -2.21. The van der Waals surface area contributed by atoms with E-state index in [1.54, 1.807) is 6.20 Å². The van der Waals surface area contributed by atoms with E-state index in [0.717, 1.165) is 5.82 Å². The summed E-state index contributed by atoms with van der Waals surface area (Å²) in [5.41, 5.74) is 0.308. The van der Waals surface area contributed by atoms with Crippen molar-refractivity contribution in [3.05, 3.63) is 42.5 Å². The molecule has 0 fully saturated rings. The fourth-order valence-corrected chi connectivity index (χ4v) is 1.84. The first-order chi connectivity index (χ1) is 9.09. The highest BCUT2D eigenvalue weighted by Crippen LogP contribution is 2.19. The van der Waals surface area contributed by atoms with Gasteiger partial charge in [-0.25, -0.2) is 9.97 Å². The van der Waals surface area contributed by atoms with Gasteiger partial charge in [-0.2, -0.15) is 0 Å². The van der Waals surface area contributed by atoms with Crippen molar-refractivity contribution in [2.45, 2.75) is 19.9 Å². The SMILES string of the molecule is CC(C)[C@@H](NC(=O)c1cnccn1)c1nccn1C. The summed E-state index contributed by atoms with van der Waals surface area (Å²) in [5.74, 6) is 0.809. The van der Waals surface area contributed by atoms with Crippen LogP contribution in [0.15, 0.2) is 31.0 Å². The van der Waals surface area contributed by atoms with Crippen LogP contribution in [0.3, 0.4) is 0 Å². The Kier molecular flexibility index (Phi) is 3.89. The number of carbonyl (C=O) groups excluding carboxylic acids is 1. The van der Waals surface area contributed by atoms with E-state index >= 15 is 0 Å². The fraction of sp³-hybridized carbons (Fsp3) is 0.385. The van der Waals surface area contributed by atoms with Gasteiger partial charge >= 0.3 is 0 Å². The average Bonchev–Trinajstić information content (AvgIpc) is 2.82. The number of hydrogen-bond acceptors (Lipinski definition) is 4. The van der Waals surface area contributed by atoms with Gasteiger partial charge in [-0.05, 0) is 5.92 Å². The number of nitrogens with one attached hydrogen (secondary N) is 1. The topological polar surface area (TPSA) is 72.7 Å². The average molecular weight is 259 g/mol. The molecular weight excluding hydrogens is 242 g/mol. The maximum Gasteiger partial charge on any atom is 0.272 e. The summed E-state index contributed by atoms with van der Waals surface area (Å²) < 4.78 is 1.90. The van der Waals surface area contributed by atoms with Gasteiger partial charge in [0.2, 0.25) is 0 Å². The zero-order chi connectivity index (χ0) is 13.8. The lowest BCUT2D eigenvalue weighted by molar-refractivity contribution is 0.0917. The molecule has 1 N–H and O–H groups in total. The number of imidazole rings is 1. The number of nitrogens with zero attached hydrogens (tertiary/aromatic N) is 4. The van der Waals surface area contributed by atoms with Gasteiger partial charge < -0.3 is 9.88 Å². The van der Waals surface area contributed by atoms with Crippen LogP contribution >= 0.6 is 0 Å². The van der Waals surface area contributed by atoms with Crippen LogP contribution < -0.4 is 5.32 Å². The van der Waals surface area contributed by atoms with Crippen LogP contribution in [-0.2, 0) is 7.05 Å². The maximum absolute atomic E-state index is 12.1. The van der Waals surface area contributed by atoms with Gasteiger partial charge in [0.05, 0.1) is 12.2 Å².